The van der Waals surface area contributed by atoms with Crippen LogP contribution >= 0.6 is 0 Å². The first-order chi connectivity index (χ1) is 9.69. The van der Waals surface area contributed by atoms with E-state index in [0.717, 1.165) is 36.2 Å². The molecule has 0 aromatic rings. The molecule has 2 heteroatoms. The summed E-state index contributed by atoms with van der Waals surface area (Å²) in [5.41, 5.74) is 5.80. The van der Waals surface area contributed by atoms with Gasteiger partial charge in [-0.3, -0.25) is 0 Å². The average Bonchev–Trinajstić information content (AvgIpc) is 2.46. The molecule has 4 rings (SSSR count). The molecule has 0 spiro atoms. The first-order valence-electron chi connectivity index (χ1n) is 8.24. The summed E-state index contributed by atoms with van der Waals surface area (Å²) in [6.45, 7) is 12.6. The highest BCUT2D eigenvalue weighted by Gasteiger charge is 2.47. The number of rotatable bonds is 7. The van der Waals surface area contributed by atoms with Gasteiger partial charge in [0.05, 0.1) is 0 Å². The van der Waals surface area contributed by atoms with Crippen LogP contribution in [-0.2, 0) is 4.43 Å². The van der Waals surface area contributed by atoms with E-state index in [1.807, 2.05) is 17.1 Å². The van der Waals surface area contributed by atoms with Crippen molar-refractivity contribution in [3.8, 4) is 0 Å². The maximum Gasteiger partial charge on any atom is 0.264 e. The van der Waals surface area contributed by atoms with Crippen LogP contribution in [0.25, 0.3) is 0 Å². The van der Waals surface area contributed by atoms with Crippen molar-refractivity contribution in [3.05, 3.63) is 36.8 Å². The molecule has 20 heavy (non-hydrogen) atoms. The Balaban J connectivity index is 1.55. The molecule has 0 unspecified atom stereocenters. The van der Waals surface area contributed by atoms with E-state index in [1.54, 1.807) is 0 Å². The van der Waals surface area contributed by atoms with E-state index in [4.69, 9.17) is 4.43 Å². The van der Waals surface area contributed by atoms with Gasteiger partial charge in [-0.25, -0.2) is 0 Å². The summed E-state index contributed by atoms with van der Waals surface area (Å²) in [6.07, 6.45) is 8.79. The highest BCUT2D eigenvalue weighted by Crippen LogP contribution is 2.57. The van der Waals surface area contributed by atoms with Crippen molar-refractivity contribution >= 4 is 8.32 Å². The van der Waals surface area contributed by atoms with Crippen molar-refractivity contribution in [2.45, 2.75) is 38.5 Å². The second-order valence-electron chi connectivity index (χ2n) is 7.20. The van der Waals surface area contributed by atoms with Crippen molar-refractivity contribution in [1.29, 1.82) is 0 Å². The van der Waals surface area contributed by atoms with Crippen LogP contribution in [0.4, 0.5) is 0 Å². The van der Waals surface area contributed by atoms with Crippen LogP contribution in [0, 0.1) is 29.6 Å². The van der Waals surface area contributed by atoms with Crippen molar-refractivity contribution in [2.75, 3.05) is 6.61 Å². The fourth-order valence-electron chi connectivity index (χ4n) is 5.31. The third-order valence-corrected chi connectivity index (χ3v) is 8.80. The normalized spacial score (nSPS) is 38.7. The van der Waals surface area contributed by atoms with Crippen LogP contribution in [0.15, 0.2) is 36.8 Å². The lowest BCUT2D eigenvalue weighted by Crippen LogP contribution is -2.45. The monoisotopic (exact) mass is 288 g/mol. The van der Waals surface area contributed by atoms with Crippen LogP contribution in [0.3, 0.4) is 0 Å². The van der Waals surface area contributed by atoms with E-state index in [1.165, 1.54) is 38.5 Å². The van der Waals surface area contributed by atoms with Gasteiger partial charge in [-0.15, -0.1) is 19.7 Å². The molecule has 4 aliphatic carbocycles. The fraction of sp³-hybridized carbons (Fsp3) is 0.667. The second-order valence-corrected chi connectivity index (χ2v) is 10.4. The molecule has 0 aromatic heterocycles. The molecular weight excluding hydrogens is 260 g/mol. The summed E-state index contributed by atoms with van der Waals surface area (Å²) >= 11 is 0. The molecule has 0 N–H and O–H groups in total. The standard InChI is InChI=1S/C18H28OSi/c1-4-20(5-2,6-3)19-8-7-18-16-10-14-9-15(12-16)13-17(18)11-14/h4-6,14-18H,1-3,7-13H2. The largest absolute Gasteiger partial charge is 0.405 e. The van der Waals surface area contributed by atoms with E-state index < -0.39 is 8.32 Å². The van der Waals surface area contributed by atoms with Crippen LogP contribution in [-0.4, -0.2) is 14.9 Å². The van der Waals surface area contributed by atoms with E-state index in [-0.39, 0.29) is 0 Å². The van der Waals surface area contributed by atoms with Gasteiger partial charge in [-0.2, -0.15) is 0 Å². The minimum Gasteiger partial charge on any atom is -0.405 e. The number of hydrogen-bond donors (Lipinski definition) is 0. The number of hydrogen-bond acceptors (Lipinski definition) is 1. The van der Waals surface area contributed by atoms with Crippen molar-refractivity contribution in [1.82, 2.24) is 0 Å². The van der Waals surface area contributed by atoms with Gasteiger partial charge in [0, 0.05) is 6.61 Å². The van der Waals surface area contributed by atoms with Gasteiger partial charge < -0.3 is 4.43 Å². The lowest BCUT2D eigenvalue weighted by atomic mass is 9.51. The molecule has 0 amide bonds. The van der Waals surface area contributed by atoms with E-state index in [2.05, 4.69) is 19.7 Å². The summed E-state index contributed by atoms with van der Waals surface area (Å²) in [6, 6.07) is 0. The zero-order chi connectivity index (χ0) is 14.2. The van der Waals surface area contributed by atoms with E-state index in [0.29, 0.717) is 0 Å². The average molecular weight is 289 g/mol. The first-order valence-corrected chi connectivity index (χ1v) is 10.4. The zero-order valence-corrected chi connectivity index (χ0v) is 13.6. The third-order valence-electron chi connectivity index (χ3n) is 6.18. The molecule has 1 nitrogen and oxygen atoms in total. The quantitative estimate of drug-likeness (QED) is 0.623. The third kappa shape index (κ3) is 2.48. The summed E-state index contributed by atoms with van der Waals surface area (Å²) < 4.78 is 6.17. The summed E-state index contributed by atoms with van der Waals surface area (Å²) in [7, 11) is -2.05. The molecule has 4 aliphatic rings. The van der Waals surface area contributed by atoms with E-state index in [9.17, 15) is 0 Å². The van der Waals surface area contributed by atoms with E-state index >= 15 is 0 Å². The topological polar surface area (TPSA) is 9.23 Å². The Labute approximate surface area is 124 Å². The van der Waals surface area contributed by atoms with Crippen LogP contribution < -0.4 is 0 Å². The Bertz CT molecular complexity index is 350. The molecule has 0 heterocycles. The van der Waals surface area contributed by atoms with Crippen LogP contribution in [0.5, 0.6) is 0 Å². The Kier molecular flexibility index (Phi) is 4.05. The molecule has 4 saturated carbocycles. The lowest BCUT2D eigenvalue weighted by molar-refractivity contribution is -0.0437. The predicted octanol–water partition coefficient (Wildman–Crippen LogP) is 4.59. The lowest BCUT2D eigenvalue weighted by Gasteiger charge is -2.54. The van der Waals surface area contributed by atoms with Crippen molar-refractivity contribution in [3.63, 3.8) is 0 Å². The van der Waals surface area contributed by atoms with Crippen LogP contribution in [0.2, 0.25) is 0 Å². The zero-order valence-electron chi connectivity index (χ0n) is 12.6. The molecule has 4 bridgehead atoms. The molecule has 0 radical (unpaired) electrons. The second kappa shape index (κ2) is 5.65. The minimum atomic E-state index is -2.05. The smallest absolute Gasteiger partial charge is 0.264 e. The summed E-state index contributed by atoms with van der Waals surface area (Å²) in [5.74, 6) is 5.06. The van der Waals surface area contributed by atoms with Gasteiger partial charge in [-0.1, -0.05) is 17.1 Å². The Morgan fingerprint density at radius 1 is 0.850 bits per heavy atom. The van der Waals surface area contributed by atoms with Gasteiger partial charge in [0.1, 0.15) is 0 Å². The Hall–Kier alpha value is -0.603. The molecular formula is C18H28OSi. The van der Waals surface area contributed by atoms with Gasteiger partial charge in [0.25, 0.3) is 8.32 Å². The molecule has 0 saturated heterocycles. The van der Waals surface area contributed by atoms with Gasteiger partial charge in [0.2, 0.25) is 0 Å². The Morgan fingerprint density at radius 2 is 1.35 bits per heavy atom. The highest BCUT2D eigenvalue weighted by molar-refractivity contribution is 6.87. The summed E-state index contributed by atoms with van der Waals surface area (Å²) in [5, 5.41) is 0. The molecule has 0 aliphatic heterocycles. The van der Waals surface area contributed by atoms with Gasteiger partial charge >= 0.3 is 0 Å². The molecule has 0 atom stereocenters. The maximum atomic E-state index is 6.17. The molecule has 0 aromatic carbocycles. The predicted molar refractivity (Wildman–Crippen MR) is 87.4 cm³/mol. The van der Waals surface area contributed by atoms with Crippen LogP contribution in [0.1, 0.15) is 38.5 Å². The summed E-state index contributed by atoms with van der Waals surface area (Å²) in [4.78, 5) is 0. The molecule has 110 valence electrons. The SMILES string of the molecule is C=C[Si](C=C)(C=C)OCCC1C2CC3CC(C2)CC1C3. The van der Waals surface area contributed by atoms with Gasteiger partial charge in [0.15, 0.2) is 0 Å². The van der Waals surface area contributed by atoms with Crippen molar-refractivity contribution in [2.24, 2.45) is 29.6 Å². The molecule has 4 fully saturated rings. The van der Waals surface area contributed by atoms with Crippen molar-refractivity contribution < 1.29 is 4.43 Å². The Morgan fingerprint density at radius 3 is 1.80 bits per heavy atom. The minimum absolute atomic E-state index is 0.864. The highest BCUT2D eigenvalue weighted by atomic mass is 28.4. The first kappa shape index (κ1) is 14.3. The maximum absolute atomic E-state index is 6.17. The fourth-order valence-corrected chi connectivity index (χ4v) is 6.63. The van der Waals surface area contributed by atoms with Gasteiger partial charge in [-0.05, 0) is 68.1 Å².